The lowest BCUT2D eigenvalue weighted by Crippen LogP contribution is -2.47. The highest BCUT2D eigenvalue weighted by atomic mass is 32.2. The van der Waals surface area contributed by atoms with E-state index in [9.17, 15) is 18.3 Å². The summed E-state index contributed by atoms with van der Waals surface area (Å²) in [5.41, 5.74) is 2.64. The Morgan fingerprint density at radius 2 is 1.54 bits per heavy atom. The lowest BCUT2D eigenvalue weighted by molar-refractivity contribution is -0.309. The maximum absolute atomic E-state index is 13.5. The Morgan fingerprint density at radius 1 is 1.04 bits per heavy atom. The molecule has 0 spiro atoms. The van der Waals surface area contributed by atoms with Gasteiger partial charge in [0.25, 0.3) is 0 Å². The maximum Gasteiger partial charge on any atom is 0.244 e. The summed E-state index contributed by atoms with van der Waals surface area (Å²) in [4.78, 5) is 11.7. The second-order valence-electron chi connectivity index (χ2n) is 8.09. The molecule has 0 bridgehead atoms. The second kappa shape index (κ2) is 7.69. The molecule has 26 heavy (non-hydrogen) atoms. The Hall–Kier alpha value is -1.40. The quantitative estimate of drug-likeness (QED) is 0.760. The fraction of sp³-hybridized carbons (Fsp3) is 0.650. The molecule has 1 unspecified atom stereocenters. The molecule has 0 N–H and O–H groups in total. The SMILES string of the molecule is CC(C)c1cc(C(C)C)c(S(=O)(=O)N2CCCC2C(=O)[O-])c(C(C)C)c1. The van der Waals surface area contributed by atoms with Gasteiger partial charge >= 0.3 is 0 Å². The zero-order valence-corrected chi connectivity index (χ0v) is 17.4. The van der Waals surface area contributed by atoms with Crippen LogP contribution < -0.4 is 5.11 Å². The van der Waals surface area contributed by atoms with Gasteiger partial charge in [-0.15, -0.1) is 0 Å². The molecule has 0 amide bonds. The van der Waals surface area contributed by atoms with Gasteiger partial charge in [0.15, 0.2) is 0 Å². The predicted octanol–water partition coefficient (Wildman–Crippen LogP) is 2.96. The van der Waals surface area contributed by atoms with Crippen LogP contribution in [0.5, 0.6) is 0 Å². The minimum absolute atomic E-state index is 0.0139. The van der Waals surface area contributed by atoms with E-state index in [4.69, 9.17) is 0 Å². The van der Waals surface area contributed by atoms with Gasteiger partial charge in [-0.3, -0.25) is 0 Å². The van der Waals surface area contributed by atoms with Crippen LogP contribution in [0.25, 0.3) is 0 Å². The smallest absolute Gasteiger partial charge is 0.244 e. The molecule has 146 valence electrons. The Kier molecular flexibility index (Phi) is 6.18. The summed E-state index contributed by atoms with van der Waals surface area (Å²) in [6, 6.07) is 2.86. The van der Waals surface area contributed by atoms with E-state index in [-0.39, 0.29) is 24.3 Å². The molecule has 0 aliphatic carbocycles. The fourth-order valence-corrected chi connectivity index (χ4v) is 5.88. The highest BCUT2D eigenvalue weighted by molar-refractivity contribution is 7.89. The third-order valence-electron chi connectivity index (χ3n) is 5.12. The van der Waals surface area contributed by atoms with Crippen LogP contribution in [-0.2, 0) is 14.8 Å². The van der Waals surface area contributed by atoms with Gasteiger partial charge in [0.05, 0.1) is 16.9 Å². The van der Waals surface area contributed by atoms with Gasteiger partial charge in [0, 0.05) is 6.54 Å². The van der Waals surface area contributed by atoms with E-state index in [1.807, 2.05) is 39.8 Å². The first-order valence-corrected chi connectivity index (χ1v) is 10.8. The van der Waals surface area contributed by atoms with Gasteiger partial charge in [-0.1, -0.05) is 53.7 Å². The highest BCUT2D eigenvalue weighted by Crippen LogP contribution is 2.38. The normalized spacial score (nSPS) is 19.0. The van der Waals surface area contributed by atoms with Crippen molar-refractivity contribution in [3.05, 3.63) is 28.8 Å². The number of hydrogen-bond acceptors (Lipinski definition) is 4. The molecule has 1 aromatic rings. The molecule has 1 aliphatic rings. The molecule has 1 atom stereocenters. The number of nitrogens with zero attached hydrogens (tertiary/aromatic N) is 1. The summed E-state index contributed by atoms with van der Waals surface area (Å²) in [6.07, 6.45) is 0.843. The Labute approximate surface area is 157 Å². The van der Waals surface area contributed by atoms with Crippen LogP contribution in [0, 0.1) is 0 Å². The number of rotatable bonds is 6. The summed E-state index contributed by atoms with van der Waals surface area (Å²) in [5, 5.41) is 11.5. The van der Waals surface area contributed by atoms with Gasteiger partial charge in [0.2, 0.25) is 10.0 Å². The fourth-order valence-electron chi connectivity index (χ4n) is 3.57. The van der Waals surface area contributed by atoms with Gasteiger partial charge in [0.1, 0.15) is 0 Å². The highest BCUT2D eigenvalue weighted by Gasteiger charge is 2.39. The average molecular weight is 381 g/mol. The van der Waals surface area contributed by atoms with E-state index >= 15 is 0 Å². The van der Waals surface area contributed by atoms with Crippen molar-refractivity contribution < 1.29 is 18.3 Å². The van der Waals surface area contributed by atoms with Gasteiger partial charge in [-0.2, -0.15) is 4.31 Å². The number of carboxylic acids is 1. The van der Waals surface area contributed by atoms with E-state index < -0.39 is 22.0 Å². The van der Waals surface area contributed by atoms with E-state index in [0.717, 1.165) is 21.0 Å². The number of aliphatic carboxylic acids is 1. The van der Waals surface area contributed by atoms with Crippen molar-refractivity contribution in [3.8, 4) is 0 Å². The Bertz CT molecular complexity index is 752. The van der Waals surface area contributed by atoms with Gasteiger partial charge in [-0.05, 0) is 47.3 Å². The van der Waals surface area contributed by atoms with Crippen molar-refractivity contribution in [3.63, 3.8) is 0 Å². The van der Waals surface area contributed by atoms with E-state index in [2.05, 4.69) is 13.8 Å². The molecular weight excluding hydrogens is 350 g/mol. The number of hydrogen-bond donors (Lipinski definition) is 0. The summed E-state index contributed by atoms with van der Waals surface area (Å²) in [7, 11) is -3.91. The van der Waals surface area contributed by atoms with Gasteiger partial charge in [-0.25, -0.2) is 8.42 Å². The molecule has 1 fully saturated rings. The number of sulfonamides is 1. The second-order valence-corrected chi connectivity index (χ2v) is 9.91. The van der Waals surface area contributed by atoms with Crippen LogP contribution in [-0.4, -0.2) is 31.3 Å². The molecule has 1 aromatic carbocycles. The molecule has 0 radical (unpaired) electrons. The lowest BCUT2D eigenvalue weighted by Gasteiger charge is -2.29. The zero-order chi connectivity index (χ0) is 19.8. The van der Waals surface area contributed by atoms with Crippen LogP contribution >= 0.6 is 0 Å². The summed E-state index contributed by atoms with van der Waals surface area (Å²) < 4.78 is 28.2. The first-order chi connectivity index (χ1) is 12.0. The molecule has 6 heteroatoms. The monoisotopic (exact) mass is 380 g/mol. The largest absolute Gasteiger partial charge is 0.548 e. The maximum atomic E-state index is 13.5. The molecule has 1 saturated heterocycles. The third kappa shape index (κ3) is 3.81. The van der Waals surface area contributed by atoms with Crippen molar-refractivity contribution in [1.82, 2.24) is 4.31 Å². The average Bonchev–Trinajstić information content (AvgIpc) is 3.03. The van der Waals surface area contributed by atoms with Crippen LogP contribution in [0.1, 0.15) is 88.8 Å². The predicted molar refractivity (Wildman–Crippen MR) is 101 cm³/mol. The number of carboxylic acid groups (broad SMARTS) is 1. The van der Waals surface area contributed by atoms with E-state index in [1.54, 1.807) is 0 Å². The Morgan fingerprint density at radius 3 is 1.92 bits per heavy atom. The van der Waals surface area contributed by atoms with Crippen LogP contribution in [0.15, 0.2) is 17.0 Å². The van der Waals surface area contributed by atoms with Crippen molar-refractivity contribution in [2.24, 2.45) is 0 Å². The minimum Gasteiger partial charge on any atom is -0.548 e. The van der Waals surface area contributed by atoms with Crippen molar-refractivity contribution in [2.75, 3.05) is 6.54 Å². The first-order valence-electron chi connectivity index (χ1n) is 9.38. The summed E-state index contributed by atoms with van der Waals surface area (Å²) >= 11 is 0. The standard InChI is InChI=1S/C20H31NO4S/c1-12(2)15-10-16(13(3)4)19(17(11-15)14(5)6)26(24,25)21-9-7-8-18(21)20(22)23/h10-14,18H,7-9H2,1-6H3,(H,22,23)/p-1. The van der Waals surface area contributed by atoms with Gasteiger partial charge < -0.3 is 9.90 Å². The van der Waals surface area contributed by atoms with Crippen LogP contribution in [0.2, 0.25) is 0 Å². The number of benzene rings is 1. The van der Waals surface area contributed by atoms with Crippen LogP contribution in [0.3, 0.4) is 0 Å². The topological polar surface area (TPSA) is 77.5 Å². The number of carbonyl (C=O) groups excluding carboxylic acids is 1. The summed E-state index contributed by atoms with van der Waals surface area (Å²) in [6.45, 7) is 12.3. The van der Waals surface area contributed by atoms with Crippen molar-refractivity contribution in [2.45, 2.75) is 83.1 Å². The first kappa shape index (κ1) is 20.9. The molecule has 1 aliphatic heterocycles. The van der Waals surface area contributed by atoms with E-state index in [1.165, 1.54) is 0 Å². The molecule has 5 nitrogen and oxygen atoms in total. The molecule has 2 rings (SSSR count). The summed E-state index contributed by atoms with van der Waals surface area (Å²) in [5.74, 6) is -1.01. The van der Waals surface area contributed by atoms with E-state index in [0.29, 0.717) is 17.7 Å². The molecule has 0 aromatic heterocycles. The number of carbonyl (C=O) groups is 1. The van der Waals surface area contributed by atoms with Crippen molar-refractivity contribution in [1.29, 1.82) is 0 Å². The molecule has 1 heterocycles. The lowest BCUT2D eigenvalue weighted by atomic mass is 9.89. The minimum atomic E-state index is -3.91. The van der Waals surface area contributed by atoms with Crippen LogP contribution in [0.4, 0.5) is 0 Å². The third-order valence-corrected chi connectivity index (χ3v) is 7.16. The zero-order valence-electron chi connectivity index (χ0n) is 16.6. The van der Waals surface area contributed by atoms with Crippen molar-refractivity contribution >= 4 is 16.0 Å². The molecule has 0 saturated carbocycles. The Balaban J connectivity index is 2.75. The molecular formula is C20H30NO4S-.